The summed E-state index contributed by atoms with van der Waals surface area (Å²) < 4.78 is 1.95. The van der Waals surface area contributed by atoms with Gasteiger partial charge in [0.25, 0.3) is 5.91 Å². The van der Waals surface area contributed by atoms with Gasteiger partial charge in [0.1, 0.15) is 5.69 Å². The number of carbonyl (C=O) groups is 1. The van der Waals surface area contributed by atoms with E-state index in [1.165, 1.54) is 17.7 Å². The van der Waals surface area contributed by atoms with Gasteiger partial charge in [-0.2, -0.15) is 5.10 Å². The summed E-state index contributed by atoms with van der Waals surface area (Å²) in [6.45, 7) is 6.11. The minimum absolute atomic E-state index is 0.186. The Hall–Kier alpha value is -1.62. The summed E-state index contributed by atoms with van der Waals surface area (Å²) >= 11 is 1.58. The van der Waals surface area contributed by atoms with Crippen molar-refractivity contribution in [1.29, 1.82) is 0 Å². The van der Waals surface area contributed by atoms with Gasteiger partial charge in [-0.1, -0.05) is 13.3 Å². The second kappa shape index (κ2) is 6.87. The monoisotopic (exact) mass is 331 g/mol. The molecule has 1 amide bonds. The first kappa shape index (κ1) is 16.2. The normalized spacial score (nSPS) is 15.2. The van der Waals surface area contributed by atoms with E-state index < -0.39 is 0 Å². The van der Waals surface area contributed by atoms with E-state index in [2.05, 4.69) is 25.0 Å². The molecule has 23 heavy (non-hydrogen) atoms. The minimum atomic E-state index is 0.186. The number of piperidine rings is 1. The molecule has 1 fully saturated rings. The SMILES string of the molecule is CCCc1c(-c2ccc(C(=O)N3CCCCC3)s2)nn(C)c1C. The van der Waals surface area contributed by atoms with Crippen LogP contribution >= 0.6 is 11.3 Å². The molecule has 0 spiro atoms. The lowest BCUT2D eigenvalue weighted by Crippen LogP contribution is -2.35. The Balaban J connectivity index is 1.87. The van der Waals surface area contributed by atoms with Crippen molar-refractivity contribution in [2.24, 2.45) is 7.05 Å². The maximum atomic E-state index is 12.6. The number of thiophene rings is 1. The summed E-state index contributed by atoms with van der Waals surface area (Å²) in [5, 5.41) is 4.69. The Morgan fingerprint density at radius 2 is 2.00 bits per heavy atom. The first-order valence-electron chi connectivity index (χ1n) is 8.53. The lowest BCUT2D eigenvalue weighted by Gasteiger charge is -2.26. The maximum Gasteiger partial charge on any atom is 0.263 e. The average Bonchev–Trinajstić information content (AvgIpc) is 3.16. The zero-order valence-corrected chi connectivity index (χ0v) is 15.1. The van der Waals surface area contributed by atoms with Crippen LogP contribution in [0.5, 0.6) is 0 Å². The molecule has 1 saturated heterocycles. The van der Waals surface area contributed by atoms with Gasteiger partial charge in [0.05, 0.1) is 9.75 Å². The number of hydrogen-bond donors (Lipinski definition) is 0. The van der Waals surface area contributed by atoms with E-state index in [4.69, 9.17) is 0 Å². The number of rotatable bonds is 4. The molecule has 0 N–H and O–H groups in total. The Labute approximate surface area is 142 Å². The highest BCUT2D eigenvalue weighted by molar-refractivity contribution is 7.17. The summed E-state index contributed by atoms with van der Waals surface area (Å²) in [7, 11) is 1.99. The molecule has 3 rings (SSSR count). The van der Waals surface area contributed by atoms with Gasteiger partial charge in [0.15, 0.2) is 0 Å². The van der Waals surface area contributed by atoms with Gasteiger partial charge in [-0.3, -0.25) is 9.48 Å². The Morgan fingerprint density at radius 1 is 1.26 bits per heavy atom. The van der Waals surface area contributed by atoms with Crippen LogP contribution < -0.4 is 0 Å². The first-order chi connectivity index (χ1) is 11.1. The lowest BCUT2D eigenvalue weighted by molar-refractivity contribution is 0.0729. The smallest absolute Gasteiger partial charge is 0.263 e. The van der Waals surface area contributed by atoms with E-state index in [-0.39, 0.29) is 5.91 Å². The summed E-state index contributed by atoms with van der Waals surface area (Å²) in [4.78, 5) is 16.6. The van der Waals surface area contributed by atoms with Crippen molar-refractivity contribution in [3.63, 3.8) is 0 Å². The number of nitrogens with zero attached hydrogens (tertiary/aromatic N) is 3. The van der Waals surface area contributed by atoms with Crippen molar-refractivity contribution in [3.8, 4) is 10.6 Å². The van der Waals surface area contributed by atoms with E-state index in [9.17, 15) is 4.79 Å². The van der Waals surface area contributed by atoms with Crippen LogP contribution in [0, 0.1) is 6.92 Å². The largest absolute Gasteiger partial charge is 0.338 e. The molecule has 3 heterocycles. The fourth-order valence-corrected chi connectivity index (χ4v) is 4.22. The highest BCUT2D eigenvalue weighted by atomic mass is 32.1. The topological polar surface area (TPSA) is 38.1 Å². The minimum Gasteiger partial charge on any atom is -0.338 e. The quantitative estimate of drug-likeness (QED) is 0.848. The molecule has 4 nitrogen and oxygen atoms in total. The molecule has 124 valence electrons. The van der Waals surface area contributed by atoms with Crippen LogP contribution in [0.25, 0.3) is 10.6 Å². The number of carbonyl (C=O) groups excluding carboxylic acids is 1. The number of amides is 1. The van der Waals surface area contributed by atoms with Crippen molar-refractivity contribution >= 4 is 17.2 Å². The van der Waals surface area contributed by atoms with Crippen molar-refractivity contribution < 1.29 is 4.79 Å². The third-order valence-corrected chi connectivity index (χ3v) is 5.73. The molecule has 1 aliphatic rings. The zero-order chi connectivity index (χ0) is 16.4. The van der Waals surface area contributed by atoms with E-state index in [0.29, 0.717) is 0 Å². The fourth-order valence-electron chi connectivity index (χ4n) is 3.23. The first-order valence-corrected chi connectivity index (χ1v) is 9.35. The van der Waals surface area contributed by atoms with E-state index in [1.807, 2.05) is 22.7 Å². The highest BCUT2D eigenvalue weighted by Crippen LogP contribution is 2.32. The standard InChI is InChI=1S/C18H25N3OS/c1-4-8-14-13(2)20(3)19-17(14)15-9-10-16(23-15)18(22)21-11-6-5-7-12-21/h9-10H,4-8,11-12H2,1-3H3. The molecule has 0 saturated carbocycles. The molecule has 2 aromatic rings. The van der Waals surface area contributed by atoms with Crippen molar-refractivity contribution in [3.05, 3.63) is 28.3 Å². The molecular weight excluding hydrogens is 306 g/mol. The van der Waals surface area contributed by atoms with E-state index in [0.717, 1.165) is 54.2 Å². The van der Waals surface area contributed by atoms with Crippen LogP contribution in [0.3, 0.4) is 0 Å². The summed E-state index contributed by atoms with van der Waals surface area (Å²) in [5.74, 6) is 0.186. The van der Waals surface area contributed by atoms with Crippen LogP contribution in [0.1, 0.15) is 53.5 Å². The number of hydrogen-bond acceptors (Lipinski definition) is 3. The predicted molar refractivity (Wildman–Crippen MR) is 95.0 cm³/mol. The number of likely N-dealkylation sites (tertiary alicyclic amines) is 1. The van der Waals surface area contributed by atoms with E-state index >= 15 is 0 Å². The van der Waals surface area contributed by atoms with Gasteiger partial charge in [0, 0.05) is 31.4 Å². The van der Waals surface area contributed by atoms with Gasteiger partial charge >= 0.3 is 0 Å². The summed E-state index contributed by atoms with van der Waals surface area (Å²) in [5.41, 5.74) is 3.59. The molecule has 2 aromatic heterocycles. The van der Waals surface area contributed by atoms with E-state index in [1.54, 1.807) is 11.3 Å². The lowest BCUT2D eigenvalue weighted by atomic mass is 10.1. The van der Waals surface area contributed by atoms with Gasteiger partial charge in [-0.15, -0.1) is 11.3 Å². The second-order valence-corrected chi connectivity index (χ2v) is 7.39. The van der Waals surface area contributed by atoms with Crippen LogP contribution in [0.15, 0.2) is 12.1 Å². The maximum absolute atomic E-state index is 12.6. The fraction of sp³-hybridized carbons (Fsp3) is 0.556. The third-order valence-electron chi connectivity index (χ3n) is 4.65. The summed E-state index contributed by atoms with van der Waals surface area (Å²) in [6.07, 6.45) is 5.63. The van der Waals surface area contributed by atoms with Crippen molar-refractivity contribution in [1.82, 2.24) is 14.7 Å². The number of aryl methyl sites for hydroxylation is 1. The molecule has 0 unspecified atom stereocenters. The number of aromatic nitrogens is 2. The molecule has 0 atom stereocenters. The van der Waals surface area contributed by atoms with Crippen LogP contribution in [0.2, 0.25) is 0 Å². The zero-order valence-electron chi connectivity index (χ0n) is 14.3. The van der Waals surface area contributed by atoms with Crippen LogP contribution in [0.4, 0.5) is 0 Å². The molecule has 0 aromatic carbocycles. The van der Waals surface area contributed by atoms with Gasteiger partial charge in [0.2, 0.25) is 0 Å². The molecule has 0 radical (unpaired) electrons. The van der Waals surface area contributed by atoms with Crippen molar-refractivity contribution in [2.75, 3.05) is 13.1 Å². The molecule has 5 heteroatoms. The molecule has 0 aliphatic carbocycles. The molecule has 0 bridgehead atoms. The van der Waals surface area contributed by atoms with Gasteiger partial charge in [-0.05, 0) is 44.7 Å². The highest BCUT2D eigenvalue weighted by Gasteiger charge is 2.22. The van der Waals surface area contributed by atoms with Gasteiger partial charge in [-0.25, -0.2) is 0 Å². The average molecular weight is 331 g/mol. The molecular formula is C18H25N3OS. The molecule has 1 aliphatic heterocycles. The van der Waals surface area contributed by atoms with Crippen molar-refractivity contribution in [2.45, 2.75) is 46.0 Å². The van der Waals surface area contributed by atoms with Gasteiger partial charge < -0.3 is 4.90 Å². The summed E-state index contributed by atoms with van der Waals surface area (Å²) in [6, 6.07) is 4.03. The van der Waals surface area contributed by atoms with Crippen LogP contribution in [-0.4, -0.2) is 33.7 Å². The Bertz CT molecular complexity index is 695. The Kier molecular flexibility index (Phi) is 4.85. The Morgan fingerprint density at radius 3 is 2.70 bits per heavy atom. The second-order valence-electron chi connectivity index (χ2n) is 6.30. The predicted octanol–water partition coefficient (Wildman–Crippen LogP) is 4.04. The van der Waals surface area contributed by atoms with Crippen LogP contribution in [-0.2, 0) is 13.5 Å². The third kappa shape index (κ3) is 3.20.